The largest absolute Gasteiger partial charge is 1.00 e. The molecule has 2 atom stereocenters. The summed E-state index contributed by atoms with van der Waals surface area (Å²) in [6, 6.07) is 0. The molecule has 0 spiro atoms. The zero-order chi connectivity index (χ0) is 35.1. The van der Waals surface area contributed by atoms with Crippen molar-refractivity contribution in [2.45, 2.75) is 219 Å². The number of allylic oxidation sites excluding steroid dienone is 4. The van der Waals surface area contributed by atoms with Crippen LogP contribution in [0.4, 0.5) is 0 Å². The molecule has 0 heterocycles. The van der Waals surface area contributed by atoms with Gasteiger partial charge in [0.15, 0.2) is 0 Å². The molecule has 48 heavy (non-hydrogen) atoms. The third kappa shape index (κ3) is 52.2. The molecule has 0 saturated heterocycles. The van der Waals surface area contributed by atoms with E-state index in [0.717, 1.165) is 38.5 Å². The summed E-state index contributed by atoms with van der Waals surface area (Å²) in [6.45, 7) is 3.74. The summed E-state index contributed by atoms with van der Waals surface area (Å²) in [5.41, 5.74) is 0. The molecule has 278 valence electrons. The van der Waals surface area contributed by atoms with Crippen LogP contribution in [0.15, 0.2) is 24.3 Å². The van der Waals surface area contributed by atoms with Crippen LogP contribution in [0.3, 0.4) is 0 Å². The Balaban J connectivity index is -0.000000827. The minimum Gasteiger partial charge on any atom is -0.550 e. The predicted octanol–water partition coefficient (Wildman–Crippen LogP) is 7.48. The molecule has 7 heteroatoms. The van der Waals surface area contributed by atoms with E-state index in [1.807, 2.05) is 13.8 Å². The molecular formula is C41H77NaO6. The molecule has 0 aromatic heterocycles. The number of carboxylic acids is 1. The first kappa shape index (κ1) is 51.7. The number of aliphatic carboxylic acids is 1. The molecule has 0 bridgehead atoms. The van der Waals surface area contributed by atoms with E-state index in [0.29, 0.717) is 12.8 Å². The molecular weight excluding hydrogens is 611 g/mol. The zero-order valence-corrected chi connectivity index (χ0v) is 34.2. The Morgan fingerprint density at radius 3 is 1.06 bits per heavy atom. The molecule has 0 aliphatic rings. The van der Waals surface area contributed by atoms with Crippen LogP contribution in [0.1, 0.15) is 206 Å². The van der Waals surface area contributed by atoms with Crippen molar-refractivity contribution in [3.05, 3.63) is 24.3 Å². The summed E-state index contributed by atoms with van der Waals surface area (Å²) >= 11 is 0. The number of ether oxygens (including phenoxy) is 1. The van der Waals surface area contributed by atoms with E-state index < -0.39 is 5.97 Å². The Hall–Kier alpha value is -0.660. The van der Waals surface area contributed by atoms with Crippen molar-refractivity contribution in [3.63, 3.8) is 0 Å². The third-order valence-electron chi connectivity index (χ3n) is 8.55. The molecule has 0 rings (SSSR count). The molecule has 0 saturated carbocycles. The number of methoxy groups -OCH3 is 1. The number of aliphatic hydroxyl groups excluding tert-OH is 2. The van der Waals surface area contributed by atoms with Crippen molar-refractivity contribution in [3.8, 4) is 0 Å². The maximum Gasteiger partial charge on any atom is 1.00 e. The van der Waals surface area contributed by atoms with Crippen LogP contribution in [-0.2, 0) is 14.3 Å². The standard InChI is InChI=1S/C21H40O3.C20H38O3.Na/c1-20(22)18-16-14-12-10-8-6-4-3-5-7-9-11-13-15-17-19-21(23)24-2;1-19(21)17-15-13-11-9-7-5-3-2-4-6-8-10-12-14-16-18-20(22)23;/h11,13,20,22H,3-10,12,14-19H2,1-2H3;10,12,19,21H,2-9,11,13-18H2,1H3,(H,22,23);/q;;+1/p-1/b13-11-;12-10-;. The zero-order valence-electron chi connectivity index (χ0n) is 32.2. The van der Waals surface area contributed by atoms with Crippen molar-refractivity contribution in [2.75, 3.05) is 7.11 Å². The van der Waals surface area contributed by atoms with Crippen molar-refractivity contribution < 1.29 is 59.2 Å². The summed E-state index contributed by atoms with van der Waals surface area (Å²) in [5, 5.41) is 28.6. The molecule has 0 aliphatic heterocycles. The summed E-state index contributed by atoms with van der Waals surface area (Å²) in [7, 11) is 1.44. The average Bonchev–Trinajstić information content (AvgIpc) is 3.03. The van der Waals surface area contributed by atoms with E-state index in [1.54, 1.807) is 0 Å². The molecule has 0 aromatic rings. The second-order valence-corrected chi connectivity index (χ2v) is 13.6. The van der Waals surface area contributed by atoms with Crippen molar-refractivity contribution in [1.29, 1.82) is 0 Å². The minimum absolute atomic E-state index is 0. The van der Waals surface area contributed by atoms with Crippen molar-refractivity contribution in [2.24, 2.45) is 0 Å². The van der Waals surface area contributed by atoms with Crippen molar-refractivity contribution in [1.82, 2.24) is 0 Å². The topological polar surface area (TPSA) is 107 Å². The maximum absolute atomic E-state index is 10.9. The number of esters is 1. The van der Waals surface area contributed by atoms with Gasteiger partial charge in [0, 0.05) is 12.4 Å². The monoisotopic (exact) mass is 689 g/mol. The van der Waals surface area contributed by atoms with E-state index in [9.17, 15) is 19.8 Å². The number of rotatable bonds is 34. The molecule has 0 aromatic carbocycles. The van der Waals surface area contributed by atoms with E-state index >= 15 is 0 Å². The quantitative estimate of drug-likeness (QED) is 0.0314. The number of aliphatic hydroxyl groups is 2. The van der Waals surface area contributed by atoms with E-state index in [4.69, 9.17) is 5.11 Å². The Kier molecular flexibility index (Phi) is 47.8. The van der Waals surface area contributed by atoms with E-state index in [2.05, 4.69) is 29.0 Å². The fourth-order valence-corrected chi connectivity index (χ4v) is 5.53. The first-order chi connectivity index (χ1) is 22.8. The molecule has 6 nitrogen and oxygen atoms in total. The second-order valence-electron chi connectivity index (χ2n) is 13.6. The van der Waals surface area contributed by atoms with Crippen LogP contribution in [0.25, 0.3) is 0 Å². The van der Waals surface area contributed by atoms with E-state index in [1.165, 1.54) is 142 Å². The van der Waals surface area contributed by atoms with Gasteiger partial charge in [-0.3, -0.25) is 4.79 Å². The number of hydrogen-bond donors (Lipinski definition) is 2. The van der Waals surface area contributed by atoms with E-state index in [-0.39, 0.29) is 54.2 Å². The van der Waals surface area contributed by atoms with Gasteiger partial charge in [-0.1, -0.05) is 140 Å². The Morgan fingerprint density at radius 1 is 0.500 bits per heavy atom. The minimum atomic E-state index is -0.946. The molecule has 0 amide bonds. The molecule has 0 radical (unpaired) electrons. The fraction of sp³-hybridized carbons (Fsp3) is 0.854. The fourth-order valence-electron chi connectivity index (χ4n) is 5.53. The number of carbonyl (C=O) groups is 2. The number of carboxylic acid groups (broad SMARTS) is 1. The van der Waals surface area contributed by atoms with Crippen LogP contribution < -0.4 is 34.7 Å². The first-order valence-electron chi connectivity index (χ1n) is 19.7. The van der Waals surface area contributed by atoms with Gasteiger partial charge in [-0.15, -0.1) is 0 Å². The Bertz CT molecular complexity index is 707. The van der Waals surface area contributed by atoms with Gasteiger partial charge in [0.05, 0.1) is 19.3 Å². The maximum atomic E-state index is 10.9. The molecule has 0 fully saturated rings. The van der Waals surface area contributed by atoms with Crippen LogP contribution >= 0.6 is 0 Å². The van der Waals surface area contributed by atoms with Gasteiger partial charge in [0.1, 0.15) is 0 Å². The van der Waals surface area contributed by atoms with Gasteiger partial charge in [-0.25, -0.2) is 0 Å². The number of unbranched alkanes of at least 4 members (excludes halogenated alkanes) is 22. The summed E-state index contributed by atoms with van der Waals surface area (Å²) in [5.74, 6) is -1.05. The van der Waals surface area contributed by atoms with Gasteiger partial charge < -0.3 is 24.9 Å². The third-order valence-corrected chi connectivity index (χ3v) is 8.55. The van der Waals surface area contributed by atoms with Gasteiger partial charge in [-0.05, 0) is 84.5 Å². The summed E-state index contributed by atoms with van der Waals surface area (Å²) in [4.78, 5) is 21.2. The van der Waals surface area contributed by atoms with Gasteiger partial charge >= 0.3 is 35.5 Å². The van der Waals surface area contributed by atoms with Crippen LogP contribution in [0.2, 0.25) is 0 Å². The van der Waals surface area contributed by atoms with Crippen LogP contribution in [-0.4, -0.2) is 41.5 Å². The second kappa shape index (κ2) is 44.4. The number of hydrogen-bond acceptors (Lipinski definition) is 6. The molecule has 2 N–H and O–H groups in total. The van der Waals surface area contributed by atoms with Crippen LogP contribution in [0, 0.1) is 0 Å². The van der Waals surface area contributed by atoms with Gasteiger partial charge in [-0.2, -0.15) is 0 Å². The van der Waals surface area contributed by atoms with Gasteiger partial charge in [0.2, 0.25) is 0 Å². The van der Waals surface area contributed by atoms with Gasteiger partial charge in [0.25, 0.3) is 0 Å². The normalized spacial score (nSPS) is 12.4. The SMILES string of the molecule is CC(O)CCCCCCCCCCCC/C=C\CCCC(=O)[O-].COC(=O)CCC/C=C\CCCCCCCCCCCCC(C)O.[Na+]. The van der Waals surface area contributed by atoms with Crippen molar-refractivity contribution >= 4 is 11.9 Å². The summed E-state index contributed by atoms with van der Waals surface area (Å²) in [6.07, 6.45) is 43.0. The average molecular weight is 689 g/mol. The van der Waals surface area contributed by atoms with Crippen LogP contribution in [0.5, 0.6) is 0 Å². The molecule has 2 unspecified atom stereocenters. The smallest absolute Gasteiger partial charge is 0.550 e. The number of carbonyl (C=O) groups excluding carboxylic acids is 2. The predicted molar refractivity (Wildman–Crippen MR) is 197 cm³/mol. The Morgan fingerprint density at radius 2 is 0.771 bits per heavy atom. The Labute approximate surface area is 319 Å². The summed E-state index contributed by atoms with van der Waals surface area (Å²) < 4.78 is 4.61. The molecule has 0 aliphatic carbocycles. The first-order valence-corrected chi connectivity index (χ1v) is 19.7.